The average molecular weight is 212 g/mol. The highest BCUT2D eigenvalue weighted by atomic mass is 16.1. The summed E-state index contributed by atoms with van der Waals surface area (Å²) in [5.41, 5.74) is 6.17. The molecule has 0 aromatic heterocycles. The van der Waals surface area contributed by atoms with Crippen LogP contribution < -0.4 is 16.3 Å². The van der Waals surface area contributed by atoms with Crippen LogP contribution in [0.2, 0.25) is 0 Å². The van der Waals surface area contributed by atoms with Gasteiger partial charge >= 0.3 is 0 Å². The van der Waals surface area contributed by atoms with Crippen LogP contribution in [0.3, 0.4) is 0 Å². The summed E-state index contributed by atoms with van der Waals surface area (Å²) < 4.78 is 0. The van der Waals surface area contributed by atoms with Gasteiger partial charge in [-0.1, -0.05) is 19.3 Å². The number of rotatable bonds is 2. The molecule has 1 aliphatic carbocycles. The standard InChI is InChI=1S/C10H20N4O/c15-7-9-6-11-8-14(13-12-9)10-4-2-1-3-5-10/h7,9-13H,1-6,8H2. The molecular formula is C10H20N4O. The Morgan fingerprint density at radius 2 is 2.00 bits per heavy atom. The van der Waals surface area contributed by atoms with Crippen molar-refractivity contribution in [1.29, 1.82) is 0 Å². The fraction of sp³-hybridized carbons (Fsp3) is 0.900. The van der Waals surface area contributed by atoms with Gasteiger partial charge in [-0.3, -0.25) is 0 Å². The molecule has 5 nitrogen and oxygen atoms in total. The Hall–Kier alpha value is -0.490. The van der Waals surface area contributed by atoms with E-state index in [1.54, 1.807) is 0 Å². The zero-order chi connectivity index (χ0) is 10.5. The van der Waals surface area contributed by atoms with Crippen molar-refractivity contribution in [3.05, 3.63) is 0 Å². The summed E-state index contributed by atoms with van der Waals surface area (Å²) in [6, 6.07) is 0.475. The molecule has 2 aliphatic rings. The van der Waals surface area contributed by atoms with E-state index in [-0.39, 0.29) is 6.04 Å². The van der Waals surface area contributed by atoms with E-state index in [1.807, 2.05) is 0 Å². The van der Waals surface area contributed by atoms with Gasteiger partial charge in [0.1, 0.15) is 6.29 Å². The third-order valence-corrected chi connectivity index (χ3v) is 3.22. The zero-order valence-electron chi connectivity index (χ0n) is 9.04. The Bertz CT molecular complexity index is 206. The average Bonchev–Trinajstić information content (AvgIpc) is 2.55. The molecule has 0 radical (unpaired) electrons. The van der Waals surface area contributed by atoms with Crippen molar-refractivity contribution in [2.45, 2.75) is 44.2 Å². The van der Waals surface area contributed by atoms with Gasteiger partial charge in [-0.05, 0) is 12.8 Å². The summed E-state index contributed by atoms with van der Waals surface area (Å²) in [4.78, 5) is 10.6. The second-order valence-corrected chi connectivity index (χ2v) is 4.37. The van der Waals surface area contributed by atoms with Crippen LogP contribution in [0.4, 0.5) is 0 Å². The van der Waals surface area contributed by atoms with E-state index in [0.29, 0.717) is 12.6 Å². The van der Waals surface area contributed by atoms with Crippen molar-refractivity contribution in [1.82, 2.24) is 21.3 Å². The highest BCUT2D eigenvalue weighted by molar-refractivity contribution is 5.57. The number of hydrogen-bond donors (Lipinski definition) is 3. The molecule has 1 saturated carbocycles. The second-order valence-electron chi connectivity index (χ2n) is 4.37. The molecule has 5 heteroatoms. The van der Waals surface area contributed by atoms with Crippen molar-refractivity contribution in [3.8, 4) is 0 Å². The monoisotopic (exact) mass is 212 g/mol. The van der Waals surface area contributed by atoms with E-state index < -0.39 is 0 Å². The van der Waals surface area contributed by atoms with Crippen LogP contribution >= 0.6 is 0 Å². The van der Waals surface area contributed by atoms with Crippen LogP contribution in [0.1, 0.15) is 32.1 Å². The van der Waals surface area contributed by atoms with Crippen molar-refractivity contribution < 1.29 is 4.79 Å². The predicted octanol–water partition coefficient (Wildman–Crippen LogP) is -0.241. The van der Waals surface area contributed by atoms with Gasteiger partial charge in [0.05, 0.1) is 12.7 Å². The first-order chi connectivity index (χ1) is 7.40. The molecule has 86 valence electrons. The van der Waals surface area contributed by atoms with Crippen LogP contribution in [0.5, 0.6) is 0 Å². The van der Waals surface area contributed by atoms with Gasteiger partial charge in [-0.25, -0.2) is 10.4 Å². The largest absolute Gasteiger partial charge is 0.302 e. The molecular weight excluding hydrogens is 192 g/mol. The molecule has 1 aliphatic heterocycles. The maximum atomic E-state index is 10.6. The van der Waals surface area contributed by atoms with Crippen LogP contribution in [-0.2, 0) is 4.79 Å². The summed E-state index contributed by atoms with van der Waals surface area (Å²) in [6.45, 7) is 1.50. The number of hydrogen-bond acceptors (Lipinski definition) is 5. The molecule has 2 fully saturated rings. The third kappa shape index (κ3) is 2.98. The number of carbonyl (C=O) groups excluding carboxylic acids is 1. The molecule has 0 bridgehead atoms. The predicted molar refractivity (Wildman–Crippen MR) is 57.7 cm³/mol. The quantitative estimate of drug-likeness (QED) is 0.552. The van der Waals surface area contributed by atoms with E-state index >= 15 is 0 Å². The molecule has 1 atom stereocenters. The zero-order valence-corrected chi connectivity index (χ0v) is 9.04. The lowest BCUT2D eigenvalue weighted by Gasteiger charge is -2.33. The maximum absolute atomic E-state index is 10.6. The lowest BCUT2D eigenvalue weighted by molar-refractivity contribution is -0.109. The molecule has 0 aromatic rings. The second kappa shape index (κ2) is 5.55. The van der Waals surface area contributed by atoms with Gasteiger partial charge in [0.25, 0.3) is 0 Å². The molecule has 1 heterocycles. The van der Waals surface area contributed by atoms with Crippen LogP contribution in [0.15, 0.2) is 0 Å². The Balaban J connectivity index is 1.84. The SMILES string of the molecule is O=CC1CNCN(C2CCCCC2)NN1. The van der Waals surface area contributed by atoms with E-state index in [2.05, 4.69) is 21.3 Å². The topological polar surface area (TPSA) is 56.4 Å². The highest BCUT2D eigenvalue weighted by Crippen LogP contribution is 2.20. The molecule has 1 unspecified atom stereocenters. The van der Waals surface area contributed by atoms with Gasteiger partial charge < -0.3 is 10.1 Å². The summed E-state index contributed by atoms with van der Waals surface area (Å²) in [5.74, 6) is 0. The van der Waals surface area contributed by atoms with Crippen molar-refractivity contribution >= 4 is 6.29 Å². The van der Waals surface area contributed by atoms with E-state index in [9.17, 15) is 4.79 Å². The summed E-state index contributed by atoms with van der Waals surface area (Å²) in [6.07, 6.45) is 7.44. The molecule has 0 spiro atoms. The summed E-state index contributed by atoms with van der Waals surface area (Å²) >= 11 is 0. The summed E-state index contributed by atoms with van der Waals surface area (Å²) in [7, 11) is 0. The molecule has 1 saturated heterocycles. The number of nitrogens with zero attached hydrogens (tertiary/aromatic N) is 1. The number of hydrazine groups is 2. The van der Waals surface area contributed by atoms with Gasteiger partial charge in [0.2, 0.25) is 0 Å². The molecule has 15 heavy (non-hydrogen) atoms. The van der Waals surface area contributed by atoms with Crippen molar-refractivity contribution in [2.75, 3.05) is 13.2 Å². The number of aldehydes is 1. The normalized spacial score (nSPS) is 31.1. The molecule has 2 rings (SSSR count). The Kier molecular flexibility index (Phi) is 4.08. The minimum absolute atomic E-state index is 0.126. The maximum Gasteiger partial charge on any atom is 0.139 e. The number of carbonyl (C=O) groups is 1. The first kappa shape index (κ1) is 11.0. The van der Waals surface area contributed by atoms with Crippen LogP contribution in [0.25, 0.3) is 0 Å². The third-order valence-electron chi connectivity index (χ3n) is 3.22. The number of nitrogens with one attached hydrogen (secondary N) is 3. The minimum Gasteiger partial charge on any atom is -0.302 e. The van der Waals surface area contributed by atoms with Gasteiger partial charge in [0.15, 0.2) is 0 Å². The van der Waals surface area contributed by atoms with Crippen molar-refractivity contribution in [3.63, 3.8) is 0 Å². The van der Waals surface area contributed by atoms with Crippen LogP contribution in [0, 0.1) is 0 Å². The summed E-state index contributed by atoms with van der Waals surface area (Å²) in [5, 5.41) is 5.45. The Morgan fingerprint density at radius 1 is 1.20 bits per heavy atom. The fourth-order valence-electron chi connectivity index (χ4n) is 2.29. The fourth-order valence-corrected chi connectivity index (χ4v) is 2.29. The lowest BCUT2D eigenvalue weighted by atomic mass is 9.95. The molecule has 0 aromatic carbocycles. The van der Waals surface area contributed by atoms with Gasteiger partial charge in [-0.15, -0.1) is 0 Å². The van der Waals surface area contributed by atoms with E-state index in [1.165, 1.54) is 32.1 Å². The Labute approximate surface area is 90.5 Å². The molecule has 3 N–H and O–H groups in total. The minimum atomic E-state index is -0.126. The first-order valence-corrected chi connectivity index (χ1v) is 5.84. The first-order valence-electron chi connectivity index (χ1n) is 5.84. The smallest absolute Gasteiger partial charge is 0.139 e. The van der Waals surface area contributed by atoms with Crippen molar-refractivity contribution in [2.24, 2.45) is 0 Å². The van der Waals surface area contributed by atoms with Gasteiger partial charge in [-0.2, -0.15) is 5.53 Å². The highest BCUT2D eigenvalue weighted by Gasteiger charge is 2.23. The van der Waals surface area contributed by atoms with E-state index in [4.69, 9.17) is 0 Å². The van der Waals surface area contributed by atoms with E-state index in [0.717, 1.165) is 13.0 Å². The molecule has 0 amide bonds. The Morgan fingerprint density at radius 3 is 2.73 bits per heavy atom. The lowest BCUT2D eigenvalue weighted by Crippen LogP contribution is -2.54. The van der Waals surface area contributed by atoms with Crippen LogP contribution in [-0.4, -0.2) is 36.6 Å². The van der Waals surface area contributed by atoms with Gasteiger partial charge in [0, 0.05) is 12.6 Å².